The lowest BCUT2D eigenvalue weighted by Gasteiger charge is -2.25. The molecule has 0 aliphatic carbocycles. The van der Waals surface area contributed by atoms with Gasteiger partial charge in [-0.2, -0.15) is 0 Å². The molecule has 182 valence electrons. The third kappa shape index (κ3) is 5.07. The number of carboxylic acids is 1. The zero-order valence-corrected chi connectivity index (χ0v) is 19.8. The van der Waals surface area contributed by atoms with Crippen molar-refractivity contribution in [1.29, 1.82) is 0 Å². The Bertz CT molecular complexity index is 1470. The first-order chi connectivity index (χ1) is 17.3. The summed E-state index contributed by atoms with van der Waals surface area (Å²) in [6.07, 6.45) is 2.99. The molecule has 0 saturated heterocycles. The number of pyridine rings is 2. The summed E-state index contributed by atoms with van der Waals surface area (Å²) in [5, 5.41) is 9.42. The Hall–Kier alpha value is -4.59. The number of carbonyl (C=O) groups is 2. The van der Waals surface area contributed by atoms with Gasteiger partial charge in [0.25, 0.3) is 5.56 Å². The Kier molecular flexibility index (Phi) is 7.05. The molecule has 2 aromatic carbocycles. The number of hydrogen-bond acceptors (Lipinski definition) is 5. The molecule has 8 heteroatoms. The van der Waals surface area contributed by atoms with Crippen LogP contribution in [0.3, 0.4) is 0 Å². The molecule has 0 saturated carbocycles. The van der Waals surface area contributed by atoms with E-state index in [0.717, 1.165) is 5.56 Å². The van der Waals surface area contributed by atoms with Gasteiger partial charge >= 0.3 is 5.97 Å². The lowest BCUT2D eigenvalue weighted by molar-refractivity contribution is -0.138. The molecule has 0 aliphatic rings. The molecule has 4 rings (SSSR count). The quantitative estimate of drug-likeness (QED) is 0.376. The number of benzene rings is 2. The maximum absolute atomic E-state index is 13.6. The number of hydrogen-bond donors (Lipinski definition) is 1. The van der Waals surface area contributed by atoms with Crippen LogP contribution in [0.2, 0.25) is 0 Å². The summed E-state index contributed by atoms with van der Waals surface area (Å²) in [7, 11) is 1.56. The fraction of sp³-hybridized carbons (Fsp3) is 0.143. The lowest BCUT2D eigenvalue weighted by Crippen LogP contribution is -2.40. The number of carbonyl (C=O) groups excluding carboxylic acids is 1. The van der Waals surface area contributed by atoms with Gasteiger partial charge in [0.2, 0.25) is 0 Å². The van der Waals surface area contributed by atoms with Crippen molar-refractivity contribution >= 4 is 17.4 Å². The normalized spacial score (nSPS) is 11.6. The molecule has 1 atom stereocenters. The first-order valence-corrected chi connectivity index (χ1v) is 11.3. The average Bonchev–Trinajstić information content (AvgIpc) is 2.89. The minimum absolute atomic E-state index is 0.101. The maximum Gasteiger partial charge on any atom is 0.326 e. The van der Waals surface area contributed by atoms with Crippen molar-refractivity contribution < 1.29 is 19.1 Å². The van der Waals surface area contributed by atoms with Crippen molar-refractivity contribution in [3.8, 4) is 11.3 Å². The number of anilines is 1. The maximum atomic E-state index is 13.6. The Morgan fingerprint density at radius 3 is 2.36 bits per heavy atom. The van der Waals surface area contributed by atoms with Crippen LogP contribution in [0.4, 0.5) is 10.1 Å². The predicted molar refractivity (Wildman–Crippen MR) is 135 cm³/mol. The summed E-state index contributed by atoms with van der Waals surface area (Å²) in [5.41, 5.74) is 2.54. The molecular weight excluding hydrogens is 461 g/mol. The molecule has 1 N–H and O–H groups in total. The van der Waals surface area contributed by atoms with E-state index in [1.807, 2.05) is 30.3 Å². The van der Waals surface area contributed by atoms with Gasteiger partial charge in [-0.05, 0) is 60.5 Å². The summed E-state index contributed by atoms with van der Waals surface area (Å²) in [4.78, 5) is 43.6. The molecular formula is C28H24FN3O4. The standard InChI is InChI=1S/C28H24FN3O4/c1-18(28(35)36)31(2)25-13-12-24(20-6-4-3-5-7-20)32(27(25)34)17-19-14-22(16-30-15-19)26(33)21-8-10-23(29)11-9-21/h3-16,18H,17H2,1-2H3,(H,35,36). The molecule has 0 bridgehead atoms. The number of aliphatic carboxylic acids is 1. The topological polar surface area (TPSA) is 92.5 Å². The highest BCUT2D eigenvalue weighted by Crippen LogP contribution is 2.22. The molecule has 0 spiro atoms. The Morgan fingerprint density at radius 1 is 1.00 bits per heavy atom. The second kappa shape index (κ2) is 10.4. The molecule has 4 aromatic rings. The van der Waals surface area contributed by atoms with E-state index < -0.39 is 17.8 Å². The third-order valence-electron chi connectivity index (χ3n) is 6.05. The first-order valence-electron chi connectivity index (χ1n) is 11.3. The zero-order valence-electron chi connectivity index (χ0n) is 19.8. The number of likely N-dealkylation sites (N-methyl/N-ethyl adjacent to an activating group) is 1. The largest absolute Gasteiger partial charge is 0.480 e. The van der Waals surface area contributed by atoms with Crippen molar-refractivity contribution in [2.24, 2.45) is 0 Å². The van der Waals surface area contributed by atoms with Crippen LogP contribution in [-0.4, -0.2) is 39.5 Å². The van der Waals surface area contributed by atoms with Crippen molar-refractivity contribution in [3.63, 3.8) is 0 Å². The molecule has 0 aliphatic heterocycles. The minimum atomic E-state index is -1.05. The minimum Gasteiger partial charge on any atom is -0.480 e. The number of rotatable bonds is 8. The zero-order chi connectivity index (χ0) is 25.8. The number of ketones is 1. The van der Waals surface area contributed by atoms with Crippen LogP contribution in [-0.2, 0) is 11.3 Å². The van der Waals surface area contributed by atoms with E-state index >= 15 is 0 Å². The number of carboxylic acid groups (broad SMARTS) is 1. The van der Waals surface area contributed by atoms with Gasteiger partial charge < -0.3 is 14.6 Å². The van der Waals surface area contributed by atoms with Crippen LogP contribution in [0.1, 0.15) is 28.4 Å². The Labute approximate surface area is 207 Å². The van der Waals surface area contributed by atoms with E-state index in [-0.39, 0.29) is 23.6 Å². The van der Waals surface area contributed by atoms with Crippen molar-refractivity contribution in [2.75, 3.05) is 11.9 Å². The highest BCUT2D eigenvalue weighted by Gasteiger charge is 2.22. The van der Waals surface area contributed by atoms with Crippen LogP contribution in [0.25, 0.3) is 11.3 Å². The van der Waals surface area contributed by atoms with E-state index in [4.69, 9.17) is 0 Å². The van der Waals surface area contributed by atoms with Gasteiger partial charge in [-0.15, -0.1) is 0 Å². The fourth-order valence-corrected chi connectivity index (χ4v) is 3.88. The summed E-state index contributed by atoms with van der Waals surface area (Å²) in [6, 6.07) is 18.7. The second-order valence-electron chi connectivity index (χ2n) is 8.40. The van der Waals surface area contributed by atoms with Gasteiger partial charge in [-0.25, -0.2) is 9.18 Å². The molecule has 0 amide bonds. The summed E-state index contributed by atoms with van der Waals surface area (Å²) in [6.45, 7) is 1.61. The van der Waals surface area contributed by atoms with E-state index in [9.17, 15) is 23.9 Å². The highest BCUT2D eigenvalue weighted by atomic mass is 19.1. The molecule has 0 fully saturated rings. The van der Waals surface area contributed by atoms with E-state index in [1.54, 1.807) is 36.0 Å². The Balaban J connectivity index is 1.77. The van der Waals surface area contributed by atoms with Gasteiger partial charge in [-0.3, -0.25) is 14.6 Å². The van der Waals surface area contributed by atoms with E-state index in [1.165, 1.54) is 42.3 Å². The van der Waals surface area contributed by atoms with Gasteiger partial charge in [-0.1, -0.05) is 30.3 Å². The smallest absolute Gasteiger partial charge is 0.326 e. The summed E-state index contributed by atoms with van der Waals surface area (Å²) in [5.74, 6) is -1.80. The van der Waals surface area contributed by atoms with Crippen LogP contribution >= 0.6 is 0 Å². The van der Waals surface area contributed by atoms with Crippen molar-refractivity contribution in [1.82, 2.24) is 9.55 Å². The van der Waals surface area contributed by atoms with Crippen molar-refractivity contribution in [3.05, 3.63) is 118 Å². The molecule has 36 heavy (non-hydrogen) atoms. The molecule has 1 unspecified atom stereocenters. The fourth-order valence-electron chi connectivity index (χ4n) is 3.88. The summed E-state index contributed by atoms with van der Waals surface area (Å²) < 4.78 is 14.8. The second-order valence-corrected chi connectivity index (χ2v) is 8.40. The molecule has 0 radical (unpaired) electrons. The van der Waals surface area contributed by atoms with Crippen LogP contribution < -0.4 is 10.5 Å². The monoisotopic (exact) mass is 485 g/mol. The highest BCUT2D eigenvalue weighted by molar-refractivity contribution is 6.08. The van der Waals surface area contributed by atoms with Crippen LogP contribution in [0.5, 0.6) is 0 Å². The third-order valence-corrected chi connectivity index (χ3v) is 6.05. The average molecular weight is 486 g/mol. The van der Waals surface area contributed by atoms with Crippen LogP contribution in [0.15, 0.2) is 90.0 Å². The van der Waals surface area contributed by atoms with Gasteiger partial charge in [0.15, 0.2) is 5.78 Å². The van der Waals surface area contributed by atoms with Crippen LogP contribution in [0, 0.1) is 5.82 Å². The van der Waals surface area contributed by atoms with Gasteiger partial charge in [0.1, 0.15) is 17.5 Å². The molecule has 2 heterocycles. The first kappa shape index (κ1) is 24.5. The molecule has 7 nitrogen and oxygen atoms in total. The van der Waals surface area contributed by atoms with E-state index in [0.29, 0.717) is 22.4 Å². The van der Waals surface area contributed by atoms with Gasteiger partial charge in [0.05, 0.1) is 12.2 Å². The lowest BCUT2D eigenvalue weighted by atomic mass is 10.0. The number of nitrogens with zero attached hydrogens (tertiary/aromatic N) is 3. The molecule has 2 aromatic heterocycles. The predicted octanol–water partition coefficient (Wildman–Crippen LogP) is 4.24. The van der Waals surface area contributed by atoms with Gasteiger partial charge in [0, 0.05) is 30.6 Å². The number of halogens is 1. The summed E-state index contributed by atoms with van der Waals surface area (Å²) >= 11 is 0. The number of aromatic nitrogens is 2. The van der Waals surface area contributed by atoms with Crippen molar-refractivity contribution in [2.45, 2.75) is 19.5 Å². The Morgan fingerprint density at radius 2 is 1.69 bits per heavy atom. The SMILES string of the molecule is CC(C(=O)O)N(C)c1ccc(-c2ccccc2)n(Cc2cncc(C(=O)c3ccc(F)cc3)c2)c1=O. The van der Waals surface area contributed by atoms with E-state index in [2.05, 4.69) is 4.98 Å².